The van der Waals surface area contributed by atoms with Crippen LogP contribution in [0, 0.1) is 5.92 Å². The number of carbonyl (C=O) groups excluding carboxylic acids is 1. The summed E-state index contributed by atoms with van der Waals surface area (Å²) in [5.74, 6) is 0.222. The molecule has 1 aromatic heterocycles. The van der Waals surface area contributed by atoms with Gasteiger partial charge in [0.05, 0.1) is 11.5 Å². The van der Waals surface area contributed by atoms with Crippen LogP contribution in [0.3, 0.4) is 0 Å². The monoisotopic (exact) mass is 342 g/mol. The summed E-state index contributed by atoms with van der Waals surface area (Å²) in [5, 5.41) is 6.10. The summed E-state index contributed by atoms with van der Waals surface area (Å²) >= 11 is 0. The summed E-state index contributed by atoms with van der Waals surface area (Å²) in [7, 11) is -2.91. The zero-order valence-electron chi connectivity index (χ0n) is 13.1. The normalized spacial score (nSPS) is 19.8. The highest BCUT2D eigenvalue weighted by Crippen LogP contribution is 2.26. The number of amides is 1. The second kappa shape index (κ2) is 5.63. The van der Waals surface area contributed by atoms with Gasteiger partial charge in [-0.05, 0) is 35.2 Å². The van der Waals surface area contributed by atoms with Crippen LogP contribution >= 0.6 is 0 Å². The molecule has 24 heavy (non-hydrogen) atoms. The lowest BCUT2D eigenvalue weighted by Gasteiger charge is -2.08. The second-order valence-electron chi connectivity index (χ2n) is 6.41. The van der Waals surface area contributed by atoms with Gasteiger partial charge in [-0.15, -0.1) is 0 Å². The van der Waals surface area contributed by atoms with Gasteiger partial charge in [0.25, 0.3) is 5.91 Å². The molecule has 124 valence electrons. The lowest BCUT2D eigenvalue weighted by molar-refractivity contribution is 0.0944. The summed E-state index contributed by atoms with van der Waals surface area (Å²) in [6, 6.07) is 13.9. The number of hydrogen-bond donors (Lipinski definition) is 2. The van der Waals surface area contributed by atoms with Gasteiger partial charge < -0.3 is 10.3 Å². The third kappa shape index (κ3) is 2.78. The number of aromatic nitrogens is 1. The Labute approximate surface area is 140 Å². The number of fused-ring (bicyclic) bond motifs is 3. The Kier molecular flexibility index (Phi) is 3.57. The molecule has 0 saturated carbocycles. The van der Waals surface area contributed by atoms with Gasteiger partial charge in [0.2, 0.25) is 0 Å². The molecule has 1 atom stereocenters. The summed E-state index contributed by atoms with van der Waals surface area (Å²) in [5.41, 5.74) is 1.42. The Morgan fingerprint density at radius 1 is 1.17 bits per heavy atom. The van der Waals surface area contributed by atoms with Crippen LogP contribution in [0.2, 0.25) is 0 Å². The van der Waals surface area contributed by atoms with Crippen LogP contribution in [0.4, 0.5) is 0 Å². The minimum Gasteiger partial charge on any atom is -0.351 e. The second-order valence-corrected chi connectivity index (χ2v) is 8.64. The Morgan fingerprint density at radius 3 is 2.79 bits per heavy atom. The summed E-state index contributed by atoms with van der Waals surface area (Å²) in [6.07, 6.45) is 0.625. The molecular formula is C18H18N2O3S. The first-order valence-electron chi connectivity index (χ1n) is 8.01. The van der Waals surface area contributed by atoms with Crippen LogP contribution in [0.25, 0.3) is 21.7 Å². The molecule has 2 aromatic carbocycles. The SMILES string of the molecule is O=C(NC[C@@H]1CCS(=O)(=O)C1)c1cc2c(ccc3ccccc32)[nH]1. The molecule has 0 unspecified atom stereocenters. The average molecular weight is 342 g/mol. The van der Waals surface area contributed by atoms with E-state index < -0.39 is 9.84 Å². The number of rotatable bonds is 3. The Bertz CT molecular complexity index is 1040. The highest BCUT2D eigenvalue weighted by atomic mass is 32.2. The molecule has 3 aromatic rings. The van der Waals surface area contributed by atoms with E-state index in [1.807, 2.05) is 42.5 Å². The minimum atomic E-state index is -2.91. The average Bonchev–Trinajstić information content (AvgIpc) is 3.15. The number of benzene rings is 2. The standard InChI is InChI=1S/C18H18N2O3S/c21-18(19-10-12-7-8-24(22,23)11-12)17-9-15-14-4-2-1-3-13(14)5-6-16(15)20-17/h1-6,9,12,20H,7-8,10-11H2,(H,19,21)/t12-/m0/s1. The van der Waals surface area contributed by atoms with Crippen molar-refractivity contribution in [2.45, 2.75) is 6.42 Å². The maximum Gasteiger partial charge on any atom is 0.267 e. The van der Waals surface area contributed by atoms with E-state index in [0.717, 1.165) is 21.7 Å². The number of carbonyl (C=O) groups is 1. The molecule has 1 aliphatic heterocycles. The van der Waals surface area contributed by atoms with Gasteiger partial charge >= 0.3 is 0 Å². The molecule has 2 N–H and O–H groups in total. The van der Waals surface area contributed by atoms with E-state index in [2.05, 4.69) is 10.3 Å². The first-order chi connectivity index (χ1) is 11.5. The molecule has 0 spiro atoms. The van der Waals surface area contributed by atoms with Crippen LogP contribution in [0.15, 0.2) is 42.5 Å². The van der Waals surface area contributed by atoms with E-state index in [1.54, 1.807) is 0 Å². The van der Waals surface area contributed by atoms with Crippen LogP contribution in [-0.4, -0.2) is 37.4 Å². The number of hydrogen-bond acceptors (Lipinski definition) is 3. The Morgan fingerprint density at radius 2 is 2.00 bits per heavy atom. The quantitative estimate of drug-likeness (QED) is 0.767. The number of nitrogens with one attached hydrogen (secondary N) is 2. The molecule has 5 nitrogen and oxygen atoms in total. The molecule has 1 aliphatic rings. The molecule has 4 rings (SSSR count). The van der Waals surface area contributed by atoms with Crippen molar-refractivity contribution in [3.8, 4) is 0 Å². The van der Waals surface area contributed by atoms with Crippen LogP contribution in [-0.2, 0) is 9.84 Å². The molecule has 2 heterocycles. The van der Waals surface area contributed by atoms with Gasteiger partial charge in [-0.3, -0.25) is 4.79 Å². The van der Waals surface area contributed by atoms with Crippen molar-refractivity contribution in [1.29, 1.82) is 0 Å². The molecule has 6 heteroatoms. The van der Waals surface area contributed by atoms with Gasteiger partial charge in [-0.25, -0.2) is 8.42 Å². The van der Waals surface area contributed by atoms with Gasteiger partial charge in [-0.1, -0.05) is 30.3 Å². The third-order valence-corrected chi connectivity index (χ3v) is 6.49. The van der Waals surface area contributed by atoms with Crippen LogP contribution < -0.4 is 5.32 Å². The zero-order chi connectivity index (χ0) is 16.7. The maximum absolute atomic E-state index is 12.4. The molecule has 1 fully saturated rings. The van der Waals surface area contributed by atoms with Crippen molar-refractivity contribution in [3.05, 3.63) is 48.2 Å². The largest absolute Gasteiger partial charge is 0.351 e. The van der Waals surface area contributed by atoms with Gasteiger partial charge in [-0.2, -0.15) is 0 Å². The Hall–Kier alpha value is -2.34. The van der Waals surface area contributed by atoms with Crippen molar-refractivity contribution in [3.63, 3.8) is 0 Å². The van der Waals surface area contributed by atoms with Crippen LogP contribution in [0.1, 0.15) is 16.9 Å². The van der Waals surface area contributed by atoms with E-state index in [1.165, 1.54) is 0 Å². The summed E-state index contributed by atoms with van der Waals surface area (Å²) < 4.78 is 23.0. The molecular weight excluding hydrogens is 324 g/mol. The number of sulfone groups is 1. The highest BCUT2D eigenvalue weighted by molar-refractivity contribution is 7.91. The smallest absolute Gasteiger partial charge is 0.267 e. The van der Waals surface area contributed by atoms with Crippen LogP contribution in [0.5, 0.6) is 0 Å². The highest BCUT2D eigenvalue weighted by Gasteiger charge is 2.28. The molecule has 1 saturated heterocycles. The van der Waals surface area contributed by atoms with Gasteiger partial charge in [0, 0.05) is 17.4 Å². The predicted molar refractivity (Wildman–Crippen MR) is 94.9 cm³/mol. The zero-order valence-corrected chi connectivity index (χ0v) is 13.9. The lowest BCUT2D eigenvalue weighted by atomic mass is 10.1. The molecule has 0 aliphatic carbocycles. The summed E-state index contributed by atoms with van der Waals surface area (Å²) in [4.78, 5) is 15.5. The lowest BCUT2D eigenvalue weighted by Crippen LogP contribution is -2.30. The van der Waals surface area contributed by atoms with Crippen molar-refractivity contribution >= 4 is 37.4 Å². The maximum atomic E-state index is 12.4. The fourth-order valence-electron chi connectivity index (χ4n) is 3.37. The van der Waals surface area contributed by atoms with E-state index in [0.29, 0.717) is 18.7 Å². The van der Waals surface area contributed by atoms with Crippen molar-refractivity contribution in [1.82, 2.24) is 10.3 Å². The first kappa shape index (κ1) is 15.2. The summed E-state index contributed by atoms with van der Waals surface area (Å²) in [6.45, 7) is 0.397. The number of H-pyrrole nitrogens is 1. The molecule has 0 radical (unpaired) electrons. The molecule has 0 bridgehead atoms. The Balaban J connectivity index is 1.55. The van der Waals surface area contributed by atoms with E-state index >= 15 is 0 Å². The fraction of sp³-hybridized carbons (Fsp3) is 0.278. The van der Waals surface area contributed by atoms with E-state index in [9.17, 15) is 13.2 Å². The minimum absolute atomic E-state index is 0.0177. The van der Waals surface area contributed by atoms with Crippen molar-refractivity contribution in [2.75, 3.05) is 18.1 Å². The number of aromatic amines is 1. The van der Waals surface area contributed by atoms with Gasteiger partial charge in [0.1, 0.15) is 5.69 Å². The third-order valence-electron chi connectivity index (χ3n) is 4.65. The fourth-order valence-corrected chi connectivity index (χ4v) is 5.24. The van der Waals surface area contributed by atoms with Gasteiger partial charge in [0.15, 0.2) is 9.84 Å². The molecule has 1 amide bonds. The van der Waals surface area contributed by atoms with E-state index in [-0.39, 0.29) is 23.3 Å². The van der Waals surface area contributed by atoms with E-state index in [4.69, 9.17) is 0 Å². The van der Waals surface area contributed by atoms with Crippen molar-refractivity contribution in [2.24, 2.45) is 5.92 Å². The first-order valence-corrected chi connectivity index (χ1v) is 9.83. The van der Waals surface area contributed by atoms with Crippen molar-refractivity contribution < 1.29 is 13.2 Å². The predicted octanol–water partition coefficient (Wildman–Crippen LogP) is 2.49. The topological polar surface area (TPSA) is 79.0 Å².